The average Bonchev–Trinajstić information content (AvgIpc) is 2.39. The number of fused-ring (bicyclic) bond motifs is 4. The fourth-order valence-corrected chi connectivity index (χ4v) is 3.63. The van der Waals surface area contributed by atoms with E-state index in [1.54, 1.807) is 5.57 Å². The third-order valence-electron chi connectivity index (χ3n) is 4.72. The summed E-state index contributed by atoms with van der Waals surface area (Å²) in [6.45, 7) is 6.32. The Morgan fingerprint density at radius 3 is 2.79 bits per heavy atom. The van der Waals surface area contributed by atoms with E-state index < -0.39 is 0 Å². The van der Waals surface area contributed by atoms with E-state index in [1.807, 2.05) is 13.8 Å². The number of hydrogen-bond donors (Lipinski definition) is 1. The minimum atomic E-state index is 0.569. The number of aryl methyl sites for hydroxylation is 2. The van der Waals surface area contributed by atoms with Crippen LogP contribution < -0.4 is 16.0 Å². The van der Waals surface area contributed by atoms with Crippen molar-refractivity contribution in [2.75, 3.05) is 13.1 Å². The molecule has 1 fully saturated rings. The lowest BCUT2D eigenvalue weighted by Gasteiger charge is -2.36. The zero-order valence-corrected chi connectivity index (χ0v) is 11.5. The minimum absolute atomic E-state index is 0.569. The minimum Gasteiger partial charge on any atom is -0.313 e. The molecule has 2 heterocycles. The Hall–Kier alpha value is -1.48. The van der Waals surface area contributed by atoms with Gasteiger partial charge >= 0.3 is 0 Å². The molecule has 4 rings (SSSR count). The van der Waals surface area contributed by atoms with Crippen LogP contribution in [-0.4, -0.2) is 23.1 Å². The van der Waals surface area contributed by atoms with Crippen LogP contribution in [0.4, 0.5) is 0 Å². The van der Waals surface area contributed by atoms with Crippen LogP contribution in [0.15, 0.2) is 11.1 Å². The first-order valence-electron chi connectivity index (χ1n) is 7.18. The molecule has 1 aliphatic heterocycles. The van der Waals surface area contributed by atoms with Gasteiger partial charge in [-0.15, -0.1) is 0 Å². The van der Waals surface area contributed by atoms with Crippen molar-refractivity contribution < 1.29 is 0 Å². The fraction of sp³-hybridized carbons (Fsp3) is 0.500. The van der Waals surface area contributed by atoms with Crippen molar-refractivity contribution >= 4 is 12.2 Å². The summed E-state index contributed by atoms with van der Waals surface area (Å²) in [5.41, 5.74) is 5.20. The third-order valence-corrected chi connectivity index (χ3v) is 4.72. The molecule has 0 saturated carbocycles. The fourth-order valence-electron chi connectivity index (χ4n) is 3.63. The highest BCUT2D eigenvalue weighted by Gasteiger charge is 2.30. The van der Waals surface area contributed by atoms with Crippen molar-refractivity contribution in [3.8, 4) is 0 Å². The molecular formula is C16H19N3. The van der Waals surface area contributed by atoms with Gasteiger partial charge in [-0.3, -0.25) is 0 Å². The summed E-state index contributed by atoms with van der Waals surface area (Å²) in [5, 5.41) is 5.69. The van der Waals surface area contributed by atoms with Gasteiger partial charge in [0, 0.05) is 12.5 Å². The molecule has 19 heavy (non-hydrogen) atoms. The first kappa shape index (κ1) is 11.4. The molecule has 2 bridgehead atoms. The van der Waals surface area contributed by atoms with Crippen LogP contribution in [0, 0.1) is 25.7 Å². The molecule has 2 unspecified atom stereocenters. The van der Waals surface area contributed by atoms with Gasteiger partial charge in [-0.25, -0.2) is 9.97 Å². The Balaban J connectivity index is 1.95. The molecule has 3 nitrogen and oxygen atoms in total. The number of rotatable bonds is 0. The molecule has 3 heteroatoms. The molecule has 1 aromatic rings. The maximum atomic E-state index is 4.71. The van der Waals surface area contributed by atoms with Gasteiger partial charge in [-0.1, -0.05) is 5.57 Å². The lowest BCUT2D eigenvalue weighted by Crippen LogP contribution is -2.42. The quantitative estimate of drug-likeness (QED) is 0.735. The van der Waals surface area contributed by atoms with E-state index in [9.17, 15) is 0 Å². The van der Waals surface area contributed by atoms with E-state index in [2.05, 4.69) is 17.5 Å². The van der Waals surface area contributed by atoms with Crippen LogP contribution in [0.5, 0.6) is 0 Å². The van der Waals surface area contributed by atoms with Gasteiger partial charge < -0.3 is 5.32 Å². The van der Waals surface area contributed by atoms with Crippen LogP contribution >= 0.6 is 0 Å². The molecule has 2 aliphatic carbocycles. The molecular weight excluding hydrogens is 234 g/mol. The zero-order chi connectivity index (χ0) is 13.0. The maximum absolute atomic E-state index is 4.71. The summed E-state index contributed by atoms with van der Waals surface area (Å²) in [4.78, 5) is 9.42. The van der Waals surface area contributed by atoms with Gasteiger partial charge in [0.25, 0.3) is 0 Å². The van der Waals surface area contributed by atoms with Crippen molar-refractivity contribution in [3.05, 3.63) is 33.2 Å². The van der Waals surface area contributed by atoms with Crippen molar-refractivity contribution in [2.45, 2.75) is 26.7 Å². The van der Waals surface area contributed by atoms with Gasteiger partial charge in [-0.2, -0.15) is 0 Å². The number of aromatic nitrogens is 2. The van der Waals surface area contributed by atoms with E-state index in [4.69, 9.17) is 9.97 Å². The summed E-state index contributed by atoms with van der Waals surface area (Å²) < 4.78 is 0. The molecule has 2 atom stereocenters. The monoisotopic (exact) mass is 253 g/mol. The smallest absolute Gasteiger partial charge is 0.0890 e. The number of hydrogen-bond acceptors (Lipinski definition) is 3. The number of piperidine rings is 1. The van der Waals surface area contributed by atoms with Gasteiger partial charge in [0.05, 0.1) is 22.1 Å². The maximum Gasteiger partial charge on any atom is 0.0890 e. The molecule has 0 radical (unpaired) electrons. The van der Waals surface area contributed by atoms with Crippen molar-refractivity contribution in [2.24, 2.45) is 11.8 Å². The second-order valence-electron chi connectivity index (χ2n) is 6.08. The van der Waals surface area contributed by atoms with Crippen LogP contribution in [0.1, 0.15) is 24.2 Å². The van der Waals surface area contributed by atoms with Crippen LogP contribution in [-0.2, 0) is 0 Å². The highest BCUT2D eigenvalue weighted by atomic mass is 14.9. The average molecular weight is 253 g/mol. The molecule has 0 spiro atoms. The van der Waals surface area contributed by atoms with Crippen molar-refractivity contribution in [1.82, 2.24) is 15.3 Å². The summed E-state index contributed by atoms with van der Waals surface area (Å²) >= 11 is 0. The van der Waals surface area contributed by atoms with Gasteiger partial charge in [-0.05, 0) is 56.9 Å². The van der Waals surface area contributed by atoms with Crippen molar-refractivity contribution in [3.63, 3.8) is 0 Å². The largest absolute Gasteiger partial charge is 0.313 e. The standard InChI is InChI=1S/C16H19N3/c1-9-10(2)19-16-6-14-12(5-15(16)18-9)3-11-4-13(14)8-17-7-11/h5-6,11-12,17H,3-4,7-8H2,1-2H3. The van der Waals surface area contributed by atoms with Crippen molar-refractivity contribution in [1.29, 1.82) is 0 Å². The predicted molar refractivity (Wildman–Crippen MR) is 75.8 cm³/mol. The Labute approximate surface area is 113 Å². The number of nitrogens with zero attached hydrogens (tertiary/aromatic N) is 2. The zero-order valence-electron chi connectivity index (χ0n) is 11.5. The van der Waals surface area contributed by atoms with Gasteiger partial charge in [0.15, 0.2) is 0 Å². The first-order chi connectivity index (χ1) is 9.20. The number of nitrogens with one attached hydrogen (secondary N) is 1. The summed E-state index contributed by atoms with van der Waals surface area (Å²) in [7, 11) is 0. The lowest BCUT2D eigenvalue weighted by molar-refractivity contribution is 0.364. The normalized spacial score (nSPS) is 28.1. The summed E-state index contributed by atoms with van der Waals surface area (Å²) in [6.07, 6.45) is 7.17. The lowest BCUT2D eigenvalue weighted by atomic mass is 9.73. The molecule has 0 amide bonds. The van der Waals surface area contributed by atoms with E-state index in [0.717, 1.165) is 34.5 Å². The Bertz CT molecular complexity index is 699. The Morgan fingerprint density at radius 2 is 1.95 bits per heavy atom. The molecule has 3 aliphatic rings. The highest BCUT2D eigenvalue weighted by Crippen LogP contribution is 2.37. The highest BCUT2D eigenvalue weighted by molar-refractivity contribution is 5.60. The van der Waals surface area contributed by atoms with E-state index in [-0.39, 0.29) is 0 Å². The Morgan fingerprint density at radius 1 is 1.16 bits per heavy atom. The van der Waals surface area contributed by atoms with Gasteiger partial charge in [0.1, 0.15) is 0 Å². The second kappa shape index (κ2) is 4.01. The topological polar surface area (TPSA) is 37.8 Å². The van der Waals surface area contributed by atoms with Crippen LogP contribution in [0.2, 0.25) is 0 Å². The molecule has 98 valence electrons. The van der Waals surface area contributed by atoms with Gasteiger partial charge in [0.2, 0.25) is 0 Å². The molecule has 0 aromatic carbocycles. The SMILES string of the molecule is Cc1nc2c(nc1C)=CC1CC3CNCC(=C1C=2)C3. The summed E-state index contributed by atoms with van der Waals surface area (Å²) in [5.74, 6) is 1.38. The predicted octanol–water partition coefficient (Wildman–Crippen LogP) is 0.594. The van der Waals surface area contributed by atoms with Crippen LogP contribution in [0.25, 0.3) is 12.2 Å². The van der Waals surface area contributed by atoms with E-state index in [1.165, 1.54) is 25.0 Å². The third kappa shape index (κ3) is 1.76. The van der Waals surface area contributed by atoms with E-state index >= 15 is 0 Å². The Kier molecular flexibility index (Phi) is 2.39. The molecule has 1 N–H and O–H groups in total. The van der Waals surface area contributed by atoms with Crippen LogP contribution in [0.3, 0.4) is 0 Å². The summed E-state index contributed by atoms with van der Waals surface area (Å²) in [6, 6.07) is 0. The van der Waals surface area contributed by atoms with E-state index in [0.29, 0.717) is 5.92 Å². The molecule has 1 aromatic heterocycles. The second-order valence-corrected chi connectivity index (χ2v) is 6.08. The first-order valence-corrected chi connectivity index (χ1v) is 7.18. The number of allylic oxidation sites excluding steroid dienone is 1. The molecule has 1 saturated heterocycles.